The number of nitrogens with one attached hydrogen (secondary N) is 1. The van der Waals surface area contributed by atoms with Crippen LogP contribution in [0.15, 0.2) is 28.6 Å². The number of carbonyl (C=O) groups excluding carboxylic acids is 1. The highest BCUT2D eigenvalue weighted by Crippen LogP contribution is 2.26. The summed E-state index contributed by atoms with van der Waals surface area (Å²) in [6.45, 7) is 3.05. The first-order valence-electron chi connectivity index (χ1n) is 7.10. The first kappa shape index (κ1) is 16.8. The fourth-order valence-electron chi connectivity index (χ4n) is 1.72. The summed E-state index contributed by atoms with van der Waals surface area (Å²) >= 11 is 2.89. The van der Waals surface area contributed by atoms with E-state index < -0.39 is 0 Å². The Bertz CT molecular complexity index is 616. The van der Waals surface area contributed by atoms with E-state index in [1.165, 1.54) is 23.1 Å². The first-order valence-corrected chi connectivity index (χ1v) is 8.90. The highest BCUT2D eigenvalue weighted by Gasteiger charge is 2.10. The van der Waals surface area contributed by atoms with Gasteiger partial charge in [0.25, 0.3) is 0 Å². The second kappa shape index (κ2) is 8.75. The fraction of sp³-hybridized carbons (Fsp3) is 0.400. The van der Waals surface area contributed by atoms with Crippen molar-refractivity contribution in [3.05, 3.63) is 29.8 Å². The summed E-state index contributed by atoms with van der Waals surface area (Å²) in [4.78, 5) is 12.2. The number of anilines is 1. The molecule has 7 heteroatoms. The summed E-state index contributed by atoms with van der Waals surface area (Å²) in [6, 6.07) is 7.18. The molecule has 0 amide bonds. The van der Waals surface area contributed by atoms with Crippen LogP contribution in [0.4, 0.5) is 5.13 Å². The van der Waals surface area contributed by atoms with Crippen LogP contribution in [0, 0.1) is 0 Å². The summed E-state index contributed by atoms with van der Waals surface area (Å²) < 4.78 is 5.93. The lowest BCUT2D eigenvalue weighted by molar-refractivity contribution is 0.102. The zero-order valence-corrected chi connectivity index (χ0v) is 14.3. The molecule has 0 aliphatic heterocycles. The molecule has 0 aliphatic carbocycles. The number of ether oxygens (including phenoxy) is 1. The number of carbonyl (C=O) groups is 1. The Hall–Kier alpha value is -1.60. The molecule has 1 aromatic heterocycles. The molecule has 1 heterocycles. The molecule has 0 bridgehead atoms. The third kappa shape index (κ3) is 4.99. The summed E-state index contributed by atoms with van der Waals surface area (Å²) in [6.07, 6.45) is 2.25. The van der Waals surface area contributed by atoms with Crippen molar-refractivity contribution in [2.24, 2.45) is 0 Å². The van der Waals surface area contributed by atoms with Gasteiger partial charge in [0.1, 0.15) is 5.75 Å². The van der Waals surface area contributed by atoms with Crippen LogP contribution >= 0.6 is 23.1 Å². The van der Waals surface area contributed by atoms with Crippen molar-refractivity contribution >= 4 is 34.0 Å². The van der Waals surface area contributed by atoms with E-state index in [1.807, 2.05) is 12.1 Å². The lowest BCUT2D eigenvalue weighted by Crippen LogP contribution is -2.02. The van der Waals surface area contributed by atoms with Crippen molar-refractivity contribution in [2.45, 2.75) is 24.1 Å². The third-order valence-corrected chi connectivity index (χ3v) is 4.95. The number of aromatic nitrogens is 2. The average Bonchev–Trinajstić information content (AvgIpc) is 3.01. The molecule has 0 radical (unpaired) electrons. The minimum Gasteiger partial charge on any atom is -0.497 e. The highest BCUT2D eigenvalue weighted by atomic mass is 32.2. The number of Topliss-reactive ketones (excluding diaryl/α,β-unsaturated/α-hetero) is 1. The number of benzene rings is 1. The van der Waals surface area contributed by atoms with Gasteiger partial charge in [-0.3, -0.25) is 4.79 Å². The smallest absolute Gasteiger partial charge is 0.206 e. The predicted octanol–water partition coefficient (Wildman–Crippen LogP) is 3.73. The van der Waals surface area contributed by atoms with Crippen molar-refractivity contribution in [1.29, 1.82) is 0 Å². The van der Waals surface area contributed by atoms with E-state index >= 15 is 0 Å². The second-order valence-corrected chi connectivity index (χ2v) is 6.80. The van der Waals surface area contributed by atoms with Crippen molar-refractivity contribution in [1.82, 2.24) is 10.2 Å². The molecular weight excluding hydrogens is 318 g/mol. The molecule has 0 aliphatic rings. The number of hydrogen-bond acceptors (Lipinski definition) is 7. The maximum Gasteiger partial charge on any atom is 0.206 e. The maximum atomic E-state index is 12.2. The van der Waals surface area contributed by atoms with Crippen molar-refractivity contribution in [2.75, 3.05) is 24.7 Å². The third-order valence-electron chi connectivity index (χ3n) is 2.93. The van der Waals surface area contributed by atoms with Gasteiger partial charge in [-0.2, -0.15) is 0 Å². The molecule has 0 unspecified atom stereocenters. The fourth-order valence-corrected chi connectivity index (χ4v) is 3.39. The SMILES string of the molecule is CCCCNc1nnc(SCC(=O)c2cccc(OC)c2)s1. The van der Waals surface area contributed by atoms with E-state index in [1.54, 1.807) is 19.2 Å². The van der Waals surface area contributed by atoms with E-state index in [0.717, 1.165) is 28.9 Å². The lowest BCUT2D eigenvalue weighted by atomic mass is 10.1. The predicted molar refractivity (Wildman–Crippen MR) is 91.4 cm³/mol. The molecule has 0 fully saturated rings. The van der Waals surface area contributed by atoms with Gasteiger partial charge in [-0.15, -0.1) is 10.2 Å². The quantitative estimate of drug-likeness (QED) is 0.427. The van der Waals surface area contributed by atoms with Gasteiger partial charge in [-0.05, 0) is 18.6 Å². The number of hydrogen-bond donors (Lipinski definition) is 1. The Morgan fingerprint density at radius 3 is 3.05 bits per heavy atom. The van der Waals surface area contributed by atoms with Crippen LogP contribution in [0.1, 0.15) is 30.1 Å². The summed E-state index contributed by atoms with van der Waals surface area (Å²) in [7, 11) is 1.59. The molecule has 22 heavy (non-hydrogen) atoms. The molecular formula is C15H19N3O2S2. The number of unbranched alkanes of at least 4 members (excludes halogenated alkanes) is 1. The van der Waals surface area contributed by atoms with Gasteiger partial charge >= 0.3 is 0 Å². The molecule has 0 atom stereocenters. The number of methoxy groups -OCH3 is 1. The van der Waals surface area contributed by atoms with Crippen LogP contribution in [0.25, 0.3) is 0 Å². The zero-order chi connectivity index (χ0) is 15.8. The highest BCUT2D eigenvalue weighted by molar-refractivity contribution is 8.01. The number of ketones is 1. The molecule has 0 saturated heterocycles. The Morgan fingerprint density at radius 2 is 2.27 bits per heavy atom. The van der Waals surface area contributed by atoms with Crippen molar-refractivity contribution < 1.29 is 9.53 Å². The van der Waals surface area contributed by atoms with Crippen LogP contribution < -0.4 is 10.1 Å². The summed E-state index contributed by atoms with van der Waals surface area (Å²) in [5, 5.41) is 12.2. The van der Waals surface area contributed by atoms with Crippen LogP contribution in [0.3, 0.4) is 0 Å². The topological polar surface area (TPSA) is 64.1 Å². The van der Waals surface area contributed by atoms with Crippen molar-refractivity contribution in [3.8, 4) is 5.75 Å². The monoisotopic (exact) mass is 337 g/mol. The minimum absolute atomic E-state index is 0.0552. The molecule has 0 spiro atoms. The average molecular weight is 337 g/mol. The second-order valence-electron chi connectivity index (χ2n) is 4.60. The van der Waals surface area contributed by atoms with E-state index in [2.05, 4.69) is 22.4 Å². The van der Waals surface area contributed by atoms with Gasteiger partial charge in [0, 0.05) is 12.1 Å². The maximum absolute atomic E-state index is 12.2. The van der Waals surface area contributed by atoms with Gasteiger partial charge in [-0.25, -0.2) is 0 Å². The number of rotatable bonds is 9. The van der Waals surface area contributed by atoms with Crippen LogP contribution in [0.5, 0.6) is 5.75 Å². The molecule has 0 saturated carbocycles. The van der Waals surface area contributed by atoms with E-state index in [9.17, 15) is 4.79 Å². The minimum atomic E-state index is 0.0552. The van der Waals surface area contributed by atoms with Gasteiger partial charge in [0.2, 0.25) is 5.13 Å². The van der Waals surface area contributed by atoms with E-state index in [0.29, 0.717) is 17.1 Å². The Morgan fingerprint density at radius 1 is 1.41 bits per heavy atom. The Kier molecular flexibility index (Phi) is 6.67. The Balaban J connectivity index is 1.85. The van der Waals surface area contributed by atoms with Gasteiger partial charge in [0.15, 0.2) is 10.1 Å². The summed E-state index contributed by atoms with van der Waals surface area (Å²) in [5.74, 6) is 1.09. The Labute approximate surface area is 138 Å². The summed E-state index contributed by atoms with van der Waals surface area (Å²) in [5.41, 5.74) is 0.651. The van der Waals surface area contributed by atoms with Crippen LogP contribution in [0.2, 0.25) is 0 Å². The molecule has 1 N–H and O–H groups in total. The van der Waals surface area contributed by atoms with Crippen molar-refractivity contribution in [3.63, 3.8) is 0 Å². The van der Waals surface area contributed by atoms with E-state index in [-0.39, 0.29) is 5.78 Å². The molecule has 2 rings (SSSR count). The molecule has 1 aromatic carbocycles. The van der Waals surface area contributed by atoms with Gasteiger partial charge < -0.3 is 10.1 Å². The van der Waals surface area contributed by atoms with Gasteiger partial charge in [-0.1, -0.05) is 48.6 Å². The van der Waals surface area contributed by atoms with Crippen LogP contribution in [-0.4, -0.2) is 35.4 Å². The first-order chi connectivity index (χ1) is 10.7. The number of thioether (sulfide) groups is 1. The zero-order valence-electron chi connectivity index (χ0n) is 12.7. The van der Waals surface area contributed by atoms with E-state index in [4.69, 9.17) is 4.74 Å². The normalized spacial score (nSPS) is 10.5. The van der Waals surface area contributed by atoms with Gasteiger partial charge in [0.05, 0.1) is 12.9 Å². The molecule has 5 nitrogen and oxygen atoms in total. The largest absolute Gasteiger partial charge is 0.497 e. The lowest BCUT2D eigenvalue weighted by Gasteiger charge is -2.02. The number of nitrogens with zero attached hydrogens (tertiary/aromatic N) is 2. The standard InChI is InChI=1S/C15H19N3O2S2/c1-3-4-8-16-14-17-18-15(22-14)21-10-13(19)11-6-5-7-12(9-11)20-2/h5-7,9H,3-4,8,10H2,1-2H3,(H,16,17). The molecule has 118 valence electrons. The van der Waals surface area contributed by atoms with Crippen LogP contribution in [-0.2, 0) is 0 Å². The molecule has 2 aromatic rings.